The normalized spacial score (nSPS) is 15.5. The topological polar surface area (TPSA) is 93.4 Å². The number of aldehydes is 1. The molecule has 1 aliphatic rings. The molecule has 8 nitrogen and oxygen atoms in total. The number of hydrogen-bond donors (Lipinski definition) is 2. The van der Waals surface area contributed by atoms with Crippen LogP contribution in [0.25, 0.3) is 21.7 Å². The summed E-state index contributed by atoms with van der Waals surface area (Å²) < 4.78 is 1.23. The van der Waals surface area contributed by atoms with Crippen molar-refractivity contribution in [2.24, 2.45) is 11.3 Å². The smallest absolute Gasteiger partial charge is 0.237 e. The van der Waals surface area contributed by atoms with Crippen molar-refractivity contribution in [2.75, 3.05) is 26.7 Å². The molecule has 2 aromatic carbocycles. The fourth-order valence-electron chi connectivity index (χ4n) is 6.41. The van der Waals surface area contributed by atoms with Gasteiger partial charge in [0, 0.05) is 54.7 Å². The molecule has 3 heterocycles. The van der Waals surface area contributed by atoms with Gasteiger partial charge in [0.25, 0.3) is 0 Å². The number of nitrogens with one attached hydrogen (secondary N) is 1. The Labute approximate surface area is 252 Å². The zero-order valence-electron chi connectivity index (χ0n) is 24.9. The van der Waals surface area contributed by atoms with Crippen LogP contribution in [0.3, 0.4) is 0 Å². The minimum absolute atomic E-state index is 0.0113. The number of aromatic amines is 1. The maximum absolute atomic E-state index is 13.4. The number of benzene rings is 2. The lowest BCUT2D eigenvalue weighted by atomic mass is 9.90. The summed E-state index contributed by atoms with van der Waals surface area (Å²) in [5, 5.41) is 21.4. The molecule has 1 amide bonds. The predicted octanol–water partition coefficient (Wildman–Crippen LogP) is 5.53. The van der Waals surface area contributed by atoms with Crippen LogP contribution in [0.15, 0.2) is 48.8 Å². The zero-order chi connectivity index (χ0) is 30.0. The zero-order valence-corrected chi connectivity index (χ0v) is 25.7. The van der Waals surface area contributed by atoms with Gasteiger partial charge in [-0.2, -0.15) is 5.10 Å². The lowest BCUT2D eigenvalue weighted by Crippen LogP contribution is -2.43. The summed E-state index contributed by atoms with van der Waals surface area (Å²) >= 11 is 6.61. The SMILES string of the molecule is CN(Cc1c(C[C@H](C=O)CC(=O)N2CCC(c3cc4ccccc4c[n+]3O)CC2)cc(Cl)c2[nH]ncc12)CC(C)(C)C. The molecule has 0 aliphatic carbocycles. The first-order valence-electron chi connectivity index (χ1n) is 14.7. The van der Waals surface area contributed by atoms with Crippen LogP contribution in [0, 0.1) is 11.3 Å². The van der Waals surface area contributed by atoms with Crippen LogP contribution in [-0.4, -0.2) is 64.1 Å². The monoisotopic (exact) mass is 590 g/mol. The standard InChI is InChI=1S/C33H41ClN5O3/c1-33(2,3)21-37(4)19-28-26(15-29(34)32-27(28)17-35-36-32)13-22(20-40)14-31(41)38-11-9-23(10-12-38)30-16-24-7-5-6-8-25(24)18-39(30)42/h5-8,15-18,20,22-23,42H,9-14,19,21H2,1-4H3,(H,35,36)/q+1/t22-/m0/s1. The molecular formula is C33H41ClN5O3+. The van der Waals surface area contributed by atoms with Gasteiger partial charge in [-0.15, -0.1) is 0 Å². The van der Waals surface area contributed by atoms with Gasteiger partial charge in [0.1, 0.15) is 6.29 Å². The number of likely N-dealkylation sites (tertiary alicyclic amines) is 1. The average Bonchev–Trinajstić information content (AvgIpc) is 3.44. The number of nitrogens with zero attached hydrogens (tertiary/aromatic N) is 4. The van der Waals surface area contributed by atoms with E-state index in [1.807, 2.05) is 41.3 Å². The molecule has 1 aliphatic heterocycles. The van der Waals surface area contributed by atoms with Gasteiger partial charge in [-0.25, -0.2) is 0 Å². The second-order valence-corrected chi connectivity index (χ2v) is 13.4. The van der Waals surface area contributed by atoms with Crippen LogP contribution in [-0.2, 0) is 22.6 Å². The number of hydrogen-bond acceptors (Lipinski definition) is 5. The minimum Gasteiger partial charge on any atom is -0.343 e. The van der Waals surface area contributed by atoms with Crippen molar-refractivity contribution in [3.63, 3.8) is 0 Å². The van der Waals surface area contributed by atoms with E-state index in [1.165, 1.54) is 4.73 Å². The Morgan fingerprint density at radius 3 is 2.64 bits per heavy atom. The predicted molar refractivity (Wildman–Crippen MR) is 165 cm³/mol. The van der Waals surface area contributed by atoms with E-state index in [2.05, 4.69) is 42.9 Å². The number of carbonyl (C=O) groups excluding carboxylic acids is 2. The first-order chi connectivity index (χ1) is 20.0. The molecule has 2 N–H and O–H groups in total. The van der Waals surface area contributed by atoms with Gasteiger partial charge in [-0.1, -0.05) is 50.6 Å². The molecule has 0 unspecified atom stereocenters. The van der Waals surface area contributed by atoms with Gasteiger partial charge in [0.05, 0.1) is 28.0 Å². The van der Waals surface area contributed by atoms with Crippen LogP contribution in [0.2, 0.25) is 5.02 Å². The van der Waals surface area contributed by atoms with E-state index >= 15 is 0 Å². The molecule has 0 radical (unpaired) electrons. The van der Waals surface area contributed by atoms with Gasteiger partial charge in [0.2, 0.25) is 17.8 Å². The fourth-order valence-corrected chi connectivity index (χ4v) is 6.69. The van der Waals surface area contributed by atoms with Crippen LogP contribution < -0.4 is 4.73 Å². The molecule has 0 saturated carbocycles. The lowest BCUT2D eigenvalue weighted by Gasteiger charge is -2.31. The van der Waals surface area contributed by atoms with Crippen LogP contribution >= 0.6 is 11.6 Å². The number of carbonyl (C=O) groups is 2. The molecule has 0 bridgehead atoms. The number of pyridine rings is 1. The number of piperidine rings is 1. The van der Waals surface area contributed by atoms with E-state index in [9.17, 15) is 14.8 Å². The van der Waals surface area contributed by atoms with E-state index in [-0.39, 0.29) is 23.7 Å². The van der Waals surface area contributed by atoms with Crippen LogP contribution in [0.5, 0.6) is 0 Å². The molecule has 1 fully saturated rings. The van der Waals surface area contributed by atoms with E-state index in [0.717, 1.165) is 64.2 Å². The Morgan fingerprint density at radius 2 is 1.95 bits per heavy atom. The maximum Gasteiger partial charge on any atom is 0.237 e. The second-order valence-electron chi connectivity index (χ2n) is 13.0. The second kappa shape index (κ2) is 12.4. The summed E-state index contributed by atoms with van der Waals surface area (Å²) in [6.45, 7) is 9.40. The molecule has 42 heavy (non-hydrogen) atoms. The third-order valence-corrected chi connectivity index (χ3v) is 8.56. The van der Waals surface area contributed by atoms with Crippen molar-refractivity contribution < 1.29 is 19.5 Å². The summed E-state index contributed by atoms with van der Waals surface area (Å²) in [4.78, 5) is 29.8. The molecule has 2 aromatic heterocycles. The number of fused-ring (bicyclic) bond motifs is 2. The highest BCUT2D eigenvalue weighted by Gasteiger charge is 2.31. The summed E-state index contributed by atoms with van der Waals surface area (Å²) in [7, 11) is 2.09. The van der Waals surface area contributed by atoms with Crippen molar-refractivity contribution in [3.8, 4) is 0 Å². The molecule has 0 spiro atoms. The van der Waals surface area contributed by atoms with E-state index < -0.39 is 5.92 Å². The molecule has 4 aromatic rings. The van der Waals surface area contributed by atoms with Crippen LogP contribution in [0.4, 0.5) is 0 Å². The molecule has 9 heteroatoms. The van der Waals surface area contributed by atoms with Crippen molar-refractivity contribution in [3.05, 3.63) is 70.6 Å². The summed E-state index contributed by atoms with van der Waals surface area (Å²) in [6, 6.07) is 11.9. The Kier molecular flexibility index (Phi) is 8.85. The third kappa shape index (κ3) is 6.76. The van der Waals surface area contributed by atoms with Gasteiger partial charge in [-0.05, 0) is 60.4 Å². The van der Waals surface area contributed by atoms with Gasteiger partial charge in [0.15, 0.2) is 0 Å². The van der Waals surface area contributed by atoms with Gasteiger partial charge < -0.3 is 14.6 Å². The number of halogens is 1. The van der Waals surface area contributed by atoms with Crippen molar-refractivity contribution in [1.82, 2.24) is 20.0 Å². The number of H-pyrrole nitrogens is 1. The fraction of sp³-hybridized carbons (Fsp3) is 0.455. The van der Waals surface area contributed by atoms with E-state index in [1.54, 1.807) is 12.4 Å². The van der Waals surface area contributed by atoms with E-state index in [0.29, 0.717) is 31.1 Å². The molecule has 5 rings (SSSR count). The number of rotatable bonds is 9. The Morgan fingerprint density at radius 1 is 1.24 bits per heavy atom. The lowest BCUT2D eigenvalue weighted by molar-refractivity contribution is -0.909. The van der Waals surface area contributed by atoms with Gasteiger partial charge in [-0.3, -0.25) is 15.1 Å². The molecular weight excluding hydrogens is 550 g/mol. The quantitative estimate of drug-likeness (QED) is 0.152. The number of aromatic nitrogens is 3. The molecule has 1 atom stereocenters. The van der Waals surface area contributed by atoms with Crippen molar-refractivity contribution in [2.45, 2.75) is 58.9 Å². The number of amides is 1. The van der Waals surface area contributed by atoms with E-state index in [4.69, 9.17) is 11.6 Å². The Balaban J connectivity index is 1.26. The van der Waals surface area contributed by atoms with Crippen LogP contribution in [0.1, 0.15) is 62.8 Å². The largest absolute Gasteiger partial charge is 0.343 e. The Hall–Kier alpha value is -3.49. The Bertz CT molecular complexity index is 1590. The third-order valence-electron chi connectivity index (χ3n) is 8.27. The highest BCUT2D eigenvalue weighted by atomic mass is 35.5. The highest BCUT2D eigenvalue weighted by Crippen LogP contribution is 2.32. The molecule has 1 saturated heterocycles. The maximum atomic E-state index is 13.4. The summed E-state index contributed by atoms with van der Waals surface area (Å²) in [6.07, 6.45) is 6.56. The van der Waals surface area contributed by atoms with Crippen molar-refractivity contribution >= 4 is 45.5 Å². The molecule has 222 valence electrons. The first-order valence-corrected chi connectivity index (χ1v) is 15.1. The highest BCUT2D eigenvalue weighted by molar-refractivity contribution is 6.35. The minimum atomic E-state index is -0.456. The summed E-state index contributed by atoms with van der Waals surface area (Å²) in [5.74, 6) is -0.313. The summed E-state index contributed by atoms with van der Waals surface area (Å²) in [5.41, 5.74) is 3.84. The average molecular weight is 591 g/mol. The first kappa shape index (κ1) is 30.0. The van der Waals surface area contributed by atoms with Crippen molar-refractivity contribution in [1.29, 1.82) is 0 Å². The van der Waals surface area contributed by atoms with Gasteiger partial charge >= 0.3 is 0 Å².